The molecule has 2 aromatic rings. The van der Waals surface area contributed by atoms with E-state index in [1.807, 2.05) is 24.4 Å². The van der Waals surface area contributed by atoms with E-state index in [2.05, 4.69) is 22.2 Å². The number of anilines is 1. The van der Waals surface area contributed by atoms with Crippen molar-refractivity contribution >= 4 is 22.8 Å². The number of amides is 1. The first kappa shape index (κ1) is 10.3. The normalized spacial score (nSPS) is 17.0. The predicted molar refractivity (Wildman–Crippen MR) is 66.7 cm³/mol. The summed E-state index contributed by atoms with van der Waals surface area (Å²) in [6.07, 6.45) is 4.75. The van der Waals surface area contributed by atoms with Crippen LogP contribution < -0.4 is 5.32 Å². The van der Waals surface area contributed by atoms with Crippen LogP contribution in [0.2, 0.25) is 0 Å². The smallest absolute Gasteiger partial charge is 0.226 e. The second-order valence-electron chi connectivity index (χ2n) is 5.15. The van der Waals surface area contributed by atoms with Gasteiger partial charge in [0.1, 0.15) is 11.5 Å². The fourth-order valence-electron chi connectivity index (χ4n) is 1.96. The summed E-state index contributed by atoms with van der Waals surface area (Å²) in [5.74, 6) is 0.678. The number of nitrogens with one attached hydrogen (secondary N) is 2. The molecule has 17 heavy (non-hydrogen) atoms. The van der Waals surface area contributed by atoms with Crippen LogP contribution in [-0.2, 0) is 4.79 Å². The van der Waals surface area contributed by atoms with Crippen molar-refractivity contribution in [2.75, 3.05) is 5.32 Å². The number of aromatic nitrogens is 2. The summed E-state index contributed by atoms with van der Waals surface area (Å²) in [7, 11) is 0. The highest BCUT2D eigenvalue weighted by atomic mass is 16.1. The van der Waals surface area contributed by atoms with Crippen LogP contribution in [0.5, 0.6) is 0 Å². The topological polar surface area (TPSA) is 57.8 Å². The van der Waals surface area contributed by atoms with Crippen LogP contribution in [0.1, 0.15) is 26.2 Å². The largest absolute Gasteiger partial charge is 0.346 e. The Morgan fingerprint density at radius 1 is 1.47 bits per heavy atom. The van der Waals surface area contributed by atoms with E-state index in [4.69, 9.17) is 0 Å². The van der Waals surface area contributed by atoms with E-state index >= 15 is 0 Å². The monoisotopic (exact) mass is 229 g/mol. The summed E-state index contributed by atoms with van der Waals surface area (Å²) < 4.78 is 0. The lowest BCUT2D eigenvalue weighted by molar-refractivity contribution is -0.117. The molecular weight excluding hydrogens is 214 g/mol. The van der Waals surface area contributed by atoms with E-state index in [1.54, 1.807) is 0 Å². The molecule has 2 heterocycles. The second-order valence-corrected chi connectivity index (χ2v) is 5.15. The Balaban J connectivity index is 1.73. The number of hydrogen-bond acceptors (Lipinski definition) is 2. The molecule has 3 rings (SSSR count). The predicted octanol–water partition coefficient (Wildman–Crippen LogP) is 2.69. The van der Waals surface area contributed by atoms with Gasteiger partial charge in [-0.1, -0.05) is 6.92 Å². The molecule has 1 saturated carbocycles. The number of nitrogens with zero attached hydrogens (tertiary/aromatic N) is 1. The fourth-order valence-corrected chi connectivity index (χ4v) is 1.96. The highest BCUT2D eigenvalue weighted by Gasteiger charge is 2.39. The van der Waals surface area contributed by atoms with Gasteiger partial charge in [0.25, 0.3) is 0 Å². The Labute approximate surface area is 99.4 Å². The van der Waals surface area contributed by atoms with Crippen molar-refractivity contribution < 1.29 is 4.79 Å². The van der Waals surface area contributed by atoms with Crippen LogP contribution in [0.25, 0.3) is 11.0 Å². The molecule has 0 aromatic carbocycles. The zero-order valence-corrected chi connectivity index (χ0v) is 9.79. The lowest BCUT2D eigenvalue weighted by atomic mass is 10.1. The first-order valence-corrected chi connectivity index (χ1v) is 5.89. The van der Waals surface area contributed by atoms with Crippen LogP contribution >= 0.6 is 0 Å². The molecule has 0 bridgehead atoms. The average Bonchev–Trinajstić information content (AvgIpc) is 2.83. The Kier molecular flexibility index (Phi) is 2.18. The highest BCUT2D eigenvalue weighted by Crippen LogP contribution is 2.48. The van der Waals surface area contributed by atoms with Gasteiger partial charge in [0.15, 0.2) is 0 Å². The number of H-pyrrole nitrogens is 1. The highest BCUT2D eigenvalue weighted by molar-refractivity contribution is 5.91. The van der Waals surface area contributed by atoms with Crippen molar-refractivity contribution in [3.63, 3.8) is 0 Å². The van der Waals surface area contributed by atoms with E-state index in [9.17, 15) is 4.79 Å². The molecular formula is C13H15N3O. The van der Waals surface area contributed by atoms with Gasteiger partial charge in [0.2, 0.25) is 5.91 Å². The summed E-state index contributed by atoms with van der Waals surface area (Å²) >= 11 is 0. The van der Waals surface area contributed by atoms with Crippen molar-refractivity contribution in [1.29, 1.82) is 0 Å². The van der Waals surface area contributed by atoms with Gasteiger partial charge in [0, 0.05) is 18.0 Å². The van der Waals surface area contributed by atoms with Gasteiger partial charge in [-0.3, -0.25) is 4.79 Å². The van der Waals surface area contributed by atoms with Gasteiger partial charge in [-0.05, 0) is 36.5 Å². The van der Waals surface area contributed by atoms with Gasteiger partial charge in [-0.15, -0.1) is 0 Å². The summed E-state index contributed by atoms with van der Waals surface area (Å²) in [5, 5.41) is 3.90. The van der Waals surface area contributed by atoms with Crippen molar-refractivity contribution in [2.24, 2.45) is 5.41 Å². The van der Waals surface area contributed by atoms with Gasteiger partial charge < -0.3 is 10.3 Å². The number of rotatable bonds is 3. The third kappa shape index (κ3) is 2.16. The van der Waals surface area contributed by atoms with Crippen molar-refractivity contribution in [3.05, 3.63) is 24.4 Å². The third-order valence-electron chi connectivity index (χ3n) is 3.37. The first-order chi connectivity index (χ1) is 8.15. The number of carbonyl (C=O) groups excluding carboxylic acids is 1. The number of carbonyl (C=O) groups is 1. The van der Waals surface area contributed by atoms with Gasteiger partial charge in [-0.2, -0.15) is 0 Å². The minimum Gasteiger partial charge on any atom is -0.346 e. The number of aromatic amines is 1. The van der Waals surface area contributed by atoms with E-state index in [0.717, 1.165) is 23.9 Å². The Hall–Kier alpha value is -1.84. The van der Waals surface area contributed by atoms with Gasteiger partial charge >= 0.3 is 0 Å². The molecule has 1 amide bonds. The molecule has 0 spiro atoms. The van der Waals surface area contributed by atoms with E-state index in [-0.39, 0.29) is 11.3 Å². The summed E-state index contributed by atoms with van der Waals surface area (Å²) in [6.45, 7) is 2.15. The molecule has 0 saturated heterocycles. The summed E-state index contributed by atoms with van der Waals surface area (Å²) in [5.41, 5.74) is 1.04. The number of fused-ring (bicyclic) bond motifs is 1. The van der Waals surface area contributed by atoms with Crippen LogP contribution in [0, 0.1) is 5.41 Å². The molecule has 4 nitrogen and oxygen atoms in total. The van der Waals surface area contributed by atoms with Crippen LogP contribution in [0.15, 0.2) is 24.4 Å². The number of hydrogen-bond donors (Lipinski definition) is 2. The lowest BCUT2D eigenvalue weighted by Gasteiger charge is -2.08. The van der Waals surface area contributed by atoms with Gasteiger partial charge in [-0.25, -0.2) is 4.98 Å². The minimum atomic E-state index is 0.0587. The Bertz CT molecular complexity index is 569. The molecule has 2 aromatic heterocycles. The molecule has 0 unspecified atom stereocenters. The van der Waals surface area contributed by atoms with Gasteiger partial charge in [0.05, 0.1) is 0 Å². The molecule has 0 radical (unpaired) electrons. The molecule has 4 heteroatoms. The molecule has 2 N–H and O–H groups in total. The maximum absolute atomic E-state index is 11.8. The quantitative estimate of drug-likeness (QED) is 0.850. The molecule has 1 fully saturated rings. The van der Waals surface area contributed by atoms with Crippen molar-refractivity contribution in [1.82, 2.24) is 9.97 Å². The molecule has 1 aliphatic carbocycles. The van der Waals surface area contributed by atoms with Crippen LogP contribution in [0.4, 0.5) is 5.82 Å². The second kappa shape index (κ2) is 3.58. The van der Waals surface area contributed by atoms with Crippen molar-refractivity contribution in [3.8, 4) is 0 Å². The summed E-state index contributed by atoms with van der Waals surface area (Å²) in [6, 6.07) is 5.75. The van der Waals surface area contributed by atoms with Crippen LogP contribution in [-0.4, -0.2) is 15.9 Å². The third-order valence-corrected chi connectivity index (χ3v) is 3.37. The van der Waals surface area contributed by atoms with E-state index in [0.29, 0.717) is 12.2 Å². The Morgan fingerprint density at radius 3 is 3.06 bits per heavy atom. The first-order valence-electron chi connectivity index (χ1n) is 5.89. The molecule has 0 atom stereocenters. The van der Waals surface area contributed by atoms with Crippen LogP contribution in [0.3, 0.4) is 0 Å². The molecule has 0 aliphatic heterocycles. The zero-order valence-electron chi connectivity index (χ0n) is 9.79. The zero-order chi connectivity index (χ0) is 11.9. The average molecular weight is 229 g/mol. The lowest BCUT2D eigenvalue weighted by Crippen LogP contribution is -2.16. The standard InChI is InChI=1S/C13H15N3O/c1-13(5-6-13)8-11(17)15-10-3-2-9-4-7-14-12(9)16-10/h2-4,7H,5-6,8H2,1H3,(H2,14,15,16,17). The summed E-state index contributed by atoms with van der Waals surface area (Å²) in [4.78, 5) is 19.2. The maximum Gasteiger partial charge on any atom is 0.226 e. The fraction of sp³-hybridized carbons (Fsp3) is 0.385. The van der Waals surface area contributed by atoms with E-state index < -0.39 is 0 Å². The molecule has 1 aliphatic rings. The van der Waals surface area contributed by atoms with E-state index in [1.165, 1.54) is 0 Å². The van der Waals surface area contributed by atoms with Crippen molar-refractivity contribution in [2.45, 2.75) is 26.2 Å². The number of pyridine rings is 1. The molecule has 88 valence electrons. The Morgan fingerprint density at radius 2 is 2.29 bits per heavy atom. The minimum absolute atomic E-state index is 0.0587. The maximum atomic E-state index is 11.8. The SMILES string of the molecule is CC1(CC(=O)Nc2ccc3cc[nH]c3n2)CC1.